The minimum absolute atomic E-state index is 0.114. The standard InChI is InChI=1S/C24H21ClN2O2/c1-2-28-17-13-11-16(12-14-17)21-15-22-19-8-4-6-10-23(19)29-24(27(22)26-21)18-7-3-5-9-20(18)25/h3-14,22,24H,2,15H2,1H3/t22-,24-/m0/s1. The lowest BCUT2D eigenvalue weighted by Crippen LogP contribution is -2.33. The summed E-state index contributed by atoms with van der Waals surface area (Å²) in [7, 11) is 0. The maximum Gasteiger partial charge on any atom is 0.215 e. The van der Waals surface area contributed by atoms with Crippen LogP contribution >= 0.6 is 11.6 Å². The monoisotopic (exact) mass is 404 g/mol. The topological polar surface area (TPSA) is 34.1 Å². The van der Waals surface area contributed by atoms with Crippen molar-refractivity contribution in [3.05, 3.63) is 94.5 Å². The molecule has 0 unspecified atom stereocenters. The van der Waals surface area contributed by atoms with E-state index in [0.29, 0.717) is 11.6 Å². The minimum Gasteiger partial charge on any atom is -0.494 e. The van der Waals surface area contributed by atoms with Crippen LogP contribution in [0.2, 0.25) is 5.02 Å². The summed E-state index contributed by atoms with van der Waals surface area (Å²) in [5.41, 5.74) is 4.21. The maximum atomic E-state index is 6.51. The molecule has 0 radical (unpaired) electrons. The van der Waals surface area contributed by atoms with Gasteiger partial charge in [0.2, 0.25) is 6.23 Å². The zero-order valence-corrected chi connectivity index (χ0v) is 16.8. The summed E-state index contributed by atoms with van der Waals surface area (Å²) in [6, 6.07) is 24.2. The molecule has 2 aliphatic rings. The molecule has 3 aromatic rings. The third kappa shape index (κ3) is 3.23. The smallest absolute Gasteiger partial charge is 0.215 e. The second-order valence-electron chi connectivity index (χ2n) is 7.13. The molecule has 0 fully saturated rings. The minimum atomic E-state index is -0.358. The molecule has 2 aliphatic heterocycles. The van der Waals surface area contributed by atoms with Crippen LogP contribution in [0.3, 0.4) is 0 Å². The molecule has 3 aromatic carbocycles. The van der Waals surface area contributed by atoms with Gasteiger partial charge in [0.25, 0.3) is 0 Å². The number of hydrogen-bond donors (Lipinski definition) is 0. The van der Waals surface area contributed by atoms with E-state index in [9.17, 15) is 0 Å². The first-order chi connectivity index (χ1) is 14.2. The van der Waals surface area contributed by atoms with E-state index >= 15 is 0 Å². The van der Waals surface area contributed by atoms with Gasteiger partial charge in [-0.1, -0.05) is 48.0 Å². The molecule has 146 valence electrons. The molecule has 4 nitrogen and oxygen atoms in total. The van der Waals surface area contributed by atoms with Crippen molar-refractivity contribution >= 4 is 17.3 Å². The van der Waals surface area contributed by atoms with Gasteiger partial charge in [-0.05, 0) is 48.9 Å². The summed E-state index contributed by atoms with van der Waals surface area (Å²) in [4.78, 5) is 0. The molecule has 0 aliphatic carbocycles. The first-order valence-corrected chi connectivity index (χ1v) is 10.2. The van der Waals surface area contributed by atoms with Gasteiger partial charge in [0.05, 0.1) is 18.4 Å². The number of hydrazone groups is 1. The van der Waals surface area contributed by atoms with E-state index in [1.807, 2.05) is 61.5 Å². The van der Waals surface area contributed by atoms with Crippen LogP contribution in [0.1, 0.15) is 42.3 Å². The van der Waals surface area contributed by atoms with Crippen molar-refractivity contribution in [1.29, 1.82) is 0 Å². The number of hydrogen-bond acceptors (Lipinski definition) is 4. The zero-order chi connectivity index (χ0) is 19.8. The number of rotatable bonds is 4. The predicted molar refractivity (Wildman–Crippen MR) is 115 cm³/mol. The number of halogens is 1. The Balaban J connectivity index is 1.55. The summed E-state index contributed by atoms with van der Waals surface area (Å²) in [6.07, 6.45) is 0.457. The van der Waals surface area contributed by atoms with Crippen LogP contribution in [0.4, 0.5) is 0 Å². The van der Waals surface area contributed by atoms with Gasteiger partial charge in [-0.2, -0.15) is 5.10 Å². The average molecular weight is 405 g/mol. The Hall–Kier alpha value is -2.98. The average Bonchev–Trinajstić information content (AvgIpc) is 3.20. The van der Waals surface area contributed by atoms with Crippen LogP contribution in [-0.4, -0.2) is 17.3 Å². The van der Waals surface area contributed by atoms with Crippen molar-refractivity contribution in [2.24, 2.45) is 5.10 Å². The van der Waals surface area contributed by atoms with Gasteiger partial charge < -0.3 is 9.47 Å². The fraction of sp³-hybridized carbons (Fsp3) is 0.208. The van der Waals surface area contributed by atoms with Crippen LogP contribution < -0.4 is 9.47 Å². The molecule has 0 saturated heterocycles. The molecule has 0 bridgehead atoms. The van der Waals surface area contributed by atoms with Gasteiger partial charge >= 0.3 is 0 Å². The first kappa shape index (κ1) is 18.1. The summed E-state index contributed by atoms with van der Waals surface area (Å²) < 4.78 is 11.9. The van der Waals surface area contributed by atoms with E-state index in [4.69, 9.17) is 26.2 Å². The molecular formula is C24H21ClN2O2. The molecule has 2 heterocycles. The molecule has 5 rings (SSSR count). The quantitative estimate of drug-likeness (QED) is 0.536. The second kappa shape index (κ2) is 7.45. The third-order valence-corrected chi connectivity index (χ3v) is 5.71. The molecular weight excluding hydrogens is 384 g/mol. The maximum absolute atomic E-state index is 6.51. The van der Waals surface area contributed by atoms with Crippen LogP contribution in [0.5, 0.6) is 11.5 Å². The number of fused-ring (bicyclic) bond motifs is 3. The Labute approximate surface area is 175 Å². The first-order valence-electron chi connectivity index (χ1n) is 9.83. The lowest BCUT2D eigenvalue weighted by molar-refractivity contribution is -0.0189. The van der Waals surface area contributed by atoms with Gasteiger partial charge in [-0.25, -0.2) is 5.01 Å². The van der Waals surface area contributed by atoms with Gasteiger partial charge in [0.1, 0.15) is 11.5 Å². The van der Waals surface area contributed by atoms with Crippen LogP contribution in [0.15, 0.2) is 77.9 Å². The van der Waals surface area contributed by atoms with E-state index in [2.05, 4.69) is 23.2 Å². The lowest BCUT2D eigenvalue weighted by atomic mass is 9.96. The molecule has 2 atom stereocenters. The van der Waals surface area contributed by atoms with Gasteiger partial charge in [0, 0.05) is 22.6 Å². The van der Waals surface area contributed by atoms with E-state index in [-0.39, 0.29) is 12.3 Å². The second-order valence-corrected chi connectivity index (χ2v) is 7.54. The summed E-state index contributed by atoms with van der Waals surface area (Å²) in [5, 5.41) is 7.71. The summed E-state index contributed by atoms with van der Waals surface area (Å²) in [6.45, 7) is 2.64. The molecule has 0 saturated carbocycles. The Kier molecular flexibility index (Phi) is 4.64. The van der Waals surface area contributed by atoms with Crippen LogP contribution in [-0.2, 0) is 0 Å². The van der Waals surface area contributed by atoms with E-state index in [0.717, 1.165) is 40.3 Å². The highest BCUT2D eigenvalue weighted by atomic mass is 35.5. The van der Waals surface area contributed by atoms with Crippen LogP contribution in [0.25, 0.3) is 0 Å². The molecule has 0 N–H and O–H groups in total. The van der Waals surface area contributed by atoms with Crippen LogP contribution in [0, 0.1) is 0 Å². The van der Waals surface area contributed by atoms with Crippen molar-refractivity contribution in [2.45, 2.75) is 25.6 Å². The molecule has 0 amide bonds. The normalized spacial score (nSPS) is 19.8. The SMILES string of the molecule is CCOc1ccc(C2=NN3[C@@H](C2)c2ccccc2O[C@H]3c2ccccc2Cl)cc1. The Morgan fingerprint density at radius 2 is 1.72 bits per heavy atom. The molecule has 29 heavy (non-hydrogen) atoms. The van der Waals surface area contributed by atoms with Gasteiger partial charge in [-0.3, -0.25) is 0 Å². The fourth-order valence-electron chi connectivity index (χ4n) is 4.00. The number of para-hydroxylation sites is 1. The highest BCUT2D eigenvalue weighted by Gasteiger charge is 2.41. The highest BCUT2D eigenvalue weighted by molar-refractivity contribution is 6.31. The number of ether oxygens (including phenoxy) is 2. The fourth-order valence-corrected chi connectivity index (χ4v) is 4.23. The number of benzene rings is 3. The Morgan fingerprint density at radius 3 is 2.48 bits per heavy atom. The van der Waals surface area contributed by atoms with Gasteiger partial charge in [0.15, 0.2) is 0 Å². The van der Waals surface area contributed by atoms with E-state index in [1.54, 1.807) is 0 Å². The zero-order valence-electron chi connectivity index (χ0n) is 16.1. The molecule has 0 aromatic heterocycles. The number of nitrogens with zero attached hydrogens (tertiary/aromatic N) is 2. The summed E-state index contributed by atoms with van der Waals surface area (Å²) >= 11 is 6.51. The van der Waals surface area contributed by atoms with Crippen molar-refractivity contribution in [3.63, 3.8) is 0 Å². The van der Waals surface area contributed by atoms with E-state index in [1.165, 1.54) is 0 Å². The van der Waals surface area contributed by atoms with Crippen molar-refractivity contribution in [2.75, 3.05) is 6.61 Å². The Bertz CT molecular complexity index is 1060. The third-order valence-electron chi connectivity index (χ3n) is 5.37. The predicted octanol–water partition coefficient (Wildman–Crippen LogP) is 5.98. The van der Waals surface area contributed by atoms with Crippen molar-refractivity contribution < 1.29 is 9.47 Å². The summed E-state index contributed by atoms with van der Waals surface area (Å²) in [5.74, 6) is 1.76. The highest BCUT2D eigenvalue weighted by Crippen LogP contribution is 2.48. The van der Waals surface area contributed by atoms with Crippen molar-refractivity contribution in [1.82, 2.24) is 5.01 Å². The Morgan fingerprint density at radius 1 is 1.00 bits per heavy atom. The van der Waals surface area contributed by atoms with Crippen molar-refractivity contribution in [3.8, 4) is 11.5 Å². The largest absolute Gasteiger partial charge is 0.494 e. The van der Waals surface area contributed by atoms with Gasteiger partial charge in [-0.15, -0.1) is 0 Å². The van der Waals surface area contributed by atoms with E-state index < -0.39 is 0 Å². The molecule has 5 heteroatoms. The molecule has 0 spiro atoms. The lowest BCUT2D eigenvalue weighted by Gasteiger charge is -2.38.